The van der Waals surface area contributed by atoms with Crippen LogP contribution in [0.2, 0.25) is 0 Å². The zero-order valence-electron chi connectivity index (χ0n) is 32.6. The number of hydrogen-bond donors (Lipinski definition) is 2. The van der Waals surface area contributed by atoms with Crippen LogP contribution >= 0.6 is 0 Å². The van der Waals surface area contributed by atoms with Gasteiger partial charge in [0.25, 0.3) is 0 Å². The van der Waals surface area contributed by atoms with Crippen molar-refractivity contribution in [2.45, 2.75) is 101 Å². The van der Waals surface area contributed by atoms with Crippen LogP contribution in [0, 0.1) is 5.41 Å². The summed E-state index contributed by atoms with van der Waals surface area (Å²) in [4.78, 5) is 60.2. The molecule has 3 saturated heterocycles. The Bertz CT molecular complexity index is 2000. The molecule has 1 amide bonds. The molecule has 1 saturated carbocycles. The Morgan fingerprint density at radius 1 is 0.949 bits per heavy atom. The lowest BCUT2D eigenvalue weighted by molar-refractivity contribution is -0.213. The number of rotatable bonds is 13. The van der Waals surface area contributed by atoms with Gasteiger partial charge in [0.2, 0.25) is 11.7 Å². The van der Waals surface area contributed by atoms with Gasteiger partial charge < -0.3 is 34.1 Å². The summed E-state index contributed by atoms with van der Waals surface area (Å²) < 4.78 is 66.9. The van der Waals surface area contributed by atoms with Crippen molar-refractivity contribution in [1.82, 2.24) is 10.4 Å². The molecule has 1 aliphatic carbocycles. The molecule has 0 radical (unpaired) electrons. The second-order valence-electron chi connectivity index (χ2n) is 16.0. The SMILES string of the molecule is CC(C)(C)OC(=O)CCC(CO)NC(=O)C12CC3OC(=O)C1N(Cc1ccc(C=CC(=O)OCC(F)(F)F)cc1)OC2C1OC(c2ccccc2)(c2ccccc2)OC31. The number of hydrogen-bond acceptors (Lipinski definition) is 12. The lowest BCUT2D eigenvalue weighted by atomic mass is 9.62. The van der Waals surface area contributed by atoms with Gasteiger partial charge >= 0.3 is 24.1 Å². The molecule has 3 aromatic carbocycles. The van der Waals surface area contributed by atoms with Crippen molar-refractivity contribution in [3.05, 3.63) is 113 Å². The van der Waals surface area contributed by atoms with E-state index >= 15 is 0 Å². The van der Waals surface area contributed by atoms with Crippen molar-refractivity contribution >= 4 is 29.9 Å². The summed E-state index contributed by atoms with van der Waals surface area (Å²) in [6.45, 7) is 2.97. The minimum Gasteiger partial charge on any atom is -0.460 e. The maximum Gasteiger partial charge on any atom is 0.422 e. The molecule has 7 unspecified atom stereocenters. The number of nitrogens with zero attached hydrogens (tertiary/aromatic N) is 1. The Morgan fingerprint density at radius 3 is 2.17 bits per heavy atom. The highest BCUT2D eigenvalue weighted by Crippen LogP contribution is 2.59. The average Bonchev–Trinajstić information content (AvgIpc) is 3.78. The Kier molecular flexibility index (Phi) is 11.7. The summed E-state index contributed by atoms with van der Waals surface area (Å²) in [6, 6.07) is 22.9. The first-order chi connectivity index (χ1) is 28.0. The number of fused-ring (bicyclic) bond motifs is 4. The third kappa shape index (κ3) is 8.77. The number of aliphatic hydroxyl groups is 1. The fourth-order valence-electron chi connectivity index (χ4n) is 8.18. The van der Waals surface area contributed by atoms with Gasteiger partial charge in [-0.05, 0) is 44.4 Å². The Morgan fingerprint density at radius 2 is 1.58 bits per heavy atom. The van der Waals surface area contributed by atoms with Crippen LogP contribution in [0.5, 0.6) is 0 Å². The Hall–Kier alpha value is -5.13. The Labute approximate surface area is 338 Å². The third-order valence-electron chi connectivity index (χ3n) is 10.7. The fraction of sp³-hybridized carbons (Fsp3) is 0.442. The molecular formula is C43H45F3N2O11. The minimum absolute atomic E-state index is 0.0149. The molecule has 0 aromatic heterocycles. The first-order valence-electron chi connectivity index (χ1n) is 19.3. The number of esters is 3. The standard InChI is InChI=1S/C43H45F3N2O11/c1-40(2,3)56-33(51)21-19-30(24-49)47-39(53)41-22-31-34-35(58-43(57-34,28-10-6-4-7-11-28)29-12-8-5-9-13-29)37(41)59-48(36(41)38(52)55-31)23-27-16-14-26(15-17-27)18-20-32(50)54-25-42(44,45)46/h4-18,20,30-31,34-37,49H,19,21-25H2,1-3H3,(H,47,53). The van der Waals surface area contributed by atoms with Gasteiger partial charge in [-0.2, -0.15) is 18.2 Å². The molecule has 13 nitrogen and oxygen atoms in total. The largest absolute Gasteiger partial charge is 0.460 e. The highest BCUT2D eigenvalue weighted by atomic mass is 19.4. The summed E-state index contributed by atoms with van der Waals surface area (Å²) in [7, 11) is 0. The highest BCUT2D eigenvalue weighted by molar-refractivity contribution is 5.94. The quantitative estimate of drug-likeness (QED) is 0.137. The number of carbonyl (C=O) groups excluding carboxylic acids is 4. The maximum atomic E-state index is 14.9. The second kappa shape index (κ2) is 16.5. The van der Waals surface area contributed by atoms with Crippen LogP contribution in [0.1, 0.15) is 62.3 Å². The smallest absolute Gasteiger partial charge is 0.422 e. The van der Waals surface area contributed by atoms with Crippen LogP contribution in [-0.4, -0.2) is 95.5 Å². The predicted molar refractivity (Wildman–Crippen MR) is 201 cm³/mol. The van der Waals surface area contributed by atoms with Gasteiger partial charge in [0.1, 0.15) is 35.4 Å². The van der Waals surface area contributed by atoms with Crippen LogP contribution in [-0.2, 0) is 60.0 Å². The van der Waals surface area contributed by atoms with E-state index in [1.165, 1.54) is 11.1 Å². The molecule has 59 heavy (non-hydrogen) atoms. The van der Waals surface area contributed by atoms with E-state index in [9.17, 15) is 37.5 Å². The van der Waals surface area contributed by atoms with Crippen molar-refractivity contribution in [3.8, 4) is 0 Å². The van der Waals surface area contributed by atoms with Crippen molar-refractivity contribution in [3.63, 3.8) is 0 Å². The van der Waals surface area contributed by atoms with E-state index in [-0.39, 0.29) is 25.8 Å². The van der Waals surface area contributed by atoms with Crippen LogP contribution in [0.25, 0.3) is 6.08 Å². The lowest BCUT2D eigenvalue weighted by Crippen LogP contribution is -2.70. The zero-order valence-corrected chi connectivity index (χ0v) is 32.6. The van der Waals surface area contributed by atoms with E-state index in [0.717, 1.165) is 6.08 Å². The van der Waals surface area contributed by atoms with E-state index in [1.54, 1.807) is 45.0 Å². The molecule has 4 fully saturated rings. The van der Waals surface area contributed by atoms with Gasteiger partial charge in [0, 0.05) is 30.0 Å². The summed E-state index contributed by atoms with van der Waals surface area (Å²) in [5.41, 5.74) is 0.0656. The van der Waals surface area contributed by atoms with Gasteiger partial charge in [-0.1, -0.05) is 84.9 Å². The molecule has 16 heteroatoms. The van der Waals surface area contributed by atoms with Crippen LogP contribution in [0.15, 0.2) is 91.0 Å². The molecular weight excluding hydrogens is 777 g/mol. The van der Waals surface area contributed by atoms with Crippen molar-refractivity contribution in [2.24, 2.45) is 5.41 Å². The van der Waals surface area contributed by atoms with E-state index < -0.39 is 96.5 Å². The van der Waals surface area contributed by atoms with Gasteiger partial charge in [0.05, 0.1) is 19.2 Å². The van der Waals surface area contributed by atoms with Gasteiger partial charge in [-0.25, -0.2) is 4.79 Å². The monoisotopic (exact) mass is 822 g/mol. The number of aliphatic hydroxyl groups excluding tert-OH is 1. The number of nitrogens with one attached hydrogen (secondary N) is 1. The number of carbonyl (C=O) groups is 4. The molecule has 314 valence electrons. The van der Waals surface area contributed by atoms with Crippen molar-refractivity contribution < 1.29 is 66.0 Å². The first kappa shape index (κ1) is 42.0. The average molecular weight is 823 g/mol. The lowest BCUT2D eigenvalue weighted by Gasteiger charge is -2.49. The molecule has 7 rings (SSSR count). The summed E-state index contributed by atoms with van der Waals surface area (Å²) in [5.74, 6) is -4.47. The number of hydroxylamine groups is 2. The molecule has 3 heterocycles. The molecule has 2 bridgehead atoms. The molecule has 0 spiro atoms. The van der Waals surface area contributed by atoms with Gasteiger partial charge in [0.15, 0.2) is 12.6 Å². The van der Waals surface area contributed by atoms with E-state index in [2.05, 4.69) is 10.1 Å². The van der Waals surface area contributed by atoms with E-state index in [4.69, 9.17) is 23.8 Å². The number of alkyl halides is 3. The van der Waals surface area contributed by atoms with Crippen molar-refractivity contribution in [2.75, 3.05) is 13.2 Å². The van der Waals surface area contributed by atoms with Crippen LogP contribution in [0.4, 0.5) is 13.2 Å². The summed E-state index contributed by atoms with van der Waals surface area (Å²) in [6.07, 6.45) is -6.41. The third-order valence-corrected chi connectivity index (χ3v) is 10.7. The van der Waals surface area contributed by atoms with E-state index in [1.807, 2.05) is 60.7 Å². The Balaban J connectivity index is 1.20. The van der Waals surface area contributed by atoms with E-state index in [0.29, 0.717) is 22.3 Å². The summed E-state index contributed by atoms with van der Waals surface area (Å²) >= 11 is 0. The molecule has 7 atom stereocenters. The zero-order chi connectivity index (χ0) is 42.2. The topological polar surface area (TPSA) is 159 Å². The van der Waals surface area contributed by atoms with Crippen molar-refractivity contribution in [1.29, 1.82) is 0 Å². The fourth-order valence-corrected chi connectivity index (χ4v) is 8.18. The minimum atomic E-state index is -4.65. The van der Waals surface area contributed by atoms with Gasteiger partial charge in [-0.15, -0.1) is 0 Å². The molecule has 2 N–H and O–H groups in total. The maximum absolute atomic E-state index is 14.9. The molecule has 4 aliphatic rings. The normalized spacial score (nSPS) is 26.5. The van der Waals surface area contributed by atoms with Crippen LogP contribution < -0.4 is 5.32 Å². The van der Waals surface area contributed by atoms with Crippen LogP contribution in [0.3, 0.4) is 0 Å². The summed E-state index contributed by atoms with van der Waals surface area (Å²) in [5, 5.41) is 14.7. The molecule has 3 aromatic rings. The number of benzene rings is 3. The first-order valence-corrected chi connectivity index (χ1v) is 19.3. The predicted octanol–water partition coefficient (Wildman–Crippen LogP) is 4.89. The second-order valence-corrected chi connectivity index (χ2v) is 16.0. The number of ether oxygens (including phenoxy) is 5. The van der Waals surface area contributed by atoms with Gasteiger partial charge in [-0.3, -0.25) is 19.2 Å². The number of halogens is 3. The molecule has 3 aliphatic heterocycles. The number of amides is 1. The highest BCUT2D eigenvalue weighted by Gasteiger charge is 2.76.